The molecule has 0 fully saturated rings. The Balaban J connectivity index is 2.45. The number of benzene rings is 1. The summed E-state index contributed by atoms with van der Waals surface area (Å²) in [6, 6.07) is 6.83. The first-order valence-corrected chi connectivity index (χ1v) is 6.18. The zero-order chi connectivity index (χ0) is 10.8. The van der Waals surface area contributed by atoms with Crippen LogP contribution >= 0.6 is 11.3 Å². The highest BCUT2D eigenvalue weighted by molar-refractivity contribution is 7.79. The number of hydrogen-bond donors (Lipinski definition) is 0. The van der Waals surface area contributed by atoms with E-state index in [-0.39, 0.29) is 0 Å². The van der Waals surface area contributed by atoms with Crippen molar-refractivity contribution in [1.82, 2.24) is 4.98 Å². The average Bonchev–Trinajstić information content (AvgIpc) is 2.65. The molecular formula is C10H8NO2S2-. The van der Waals surface area contributed by atoms with E-state index >= 15 is 0 Å². The van der Waals surface area contributed by atoms with Gasteiger partial charge < -0.3 is 4.55 Å². The van der Waals surface area contributed by atoms with Gasteiger partial charge in [-0.15, -0.1) is 11.3 Å². The quantitative estimate of drug-likeness (QED) is 0.755. The largest absolute Gasteiger partial charge is 0.768 e. The number of aromatic nitrogens is 1. The topological polar surface area (TPSA) is 53.0 Å². The van der Waals surface area contributed by atoms with E-state index in [1.165, 1.54) is 0 Å². The molecule has 0 aliphatic heterocycles. The summed E-state index contributed by atoms with van der Waals surface area (Å²) in [5.74, 6) is 0. The van der Waals surface area contributed by atoms with Crippen molar-refractivity contribution in [1.29, 1.82) is 0 Å². The van der Waals surface area contributed by atoms with Crippen molar-refractivity contribution in [3.8, 4) is 10.4 Å². The summed E-state index contributed by atoms with van der Waals surface area (Å²) >= 11 is -0.623. The van der Waals surface area contributed by atoms with Crippen LogP contribution in [0.25, 0.3) is 10.4 Å². The van der Waals surface area contributed by atoms with Crippen molar-refractivity contribution in [2.45, 2.75) is 11.8 Å². The van der Waals surface area contributed by atoms with Gasteiger partial charge in [-0.1, -0.05) is 12.1 Å². The summed E-state index contributed by atoms with van der Waals surface area (Å²) in [6.45, 7) is 1.92. The Hall–Kier alpha value is -1.04. The van der Waals surface area contributed by atoms with Crippen LogP contribution in [0, 0.1) is 6.92 Å². The second-order valence-corrected chi connectivity index (χ2v) is 5.18. The predicted octanol–water partition coefficient (Wildman–Crippen LogP) is 2.36. The van der Waals surface area contributed by atoms with E-state index in [9.17, 15) is 8.76 Å². The van der Waals surface area contributed by atoms with Crippen molar-refractivity contribution in [3.63, 3.8) is 0 Å². The minimum absolute atomic E-state index is 0.304. The zero-order valence-corrected chi connectivity index (χ0v) is 9.60. The van der Waals surface area contributed by atoms with E-state index in [0.717, 1.165) is 15.4 Å². The molecule has 2 rings (SSSR count). The summed E-state index contributed by atoms with van der Waals surface area (Å²) in [6.07, 6.45) is 1.76. The van der Waals surface area contributed by atoms with E-state index in [1.807, 2.05) is 13.0 Å². The molecule has 0 radical (unpaired) electrons. The molecule has 0 amide bonds. The van der Waals surface area contributed by atoms with E-state index in [0.29, 0.717) is 4.90 Å². The van der Waals surface area contributed by atoms with Crippen LogP contribution in [0.4, 0.5) is 0 Å². The van der Waals surface area contributed by atoms with Crippen molar-refractivity contribution in [2.24, 2.45) is 0 Å². The molecule has 1 aromatic carbocycles. The molecule has 1 atom stereocenters. The number of hydrogen-bond acceptors (Lipinski definition) is 4. The van der Waals surface area contributed by atoms with Gasteiger partial charge in [0, 0.05) is 11.1 Å². The minimum Gasteiger partial charge on any atom is -0.768 e. The molecule has 0 spiro atoms. The molecule has 0 saturated heterocycles. The Morgan fingerprint density at radius 1 is 1.47 bits per heavy atom. The average molecular weight is 238 g/mol. The molecule has 0 aliphatic rings. The maximum atomic E-state index is 10.8. The Morgan fingerprint density at radius 3 is 2.87 bits per heavy atom. The molecular weight excluding hydrogens is 230 g/mol. The van der Waals surface area contributed by atoms with E-state index in [2.05, 4.69) is 4.98 Å². The first-order chi connectivity index (χ1) is 7.16. The van der Waals surface area contributed by atoms with Crippen LogP contribution < -0.4 is 0 Å². The van der Waals surface area contributed by atoms with Gasteiger partial charge in [0.25, 0.3) is 0 Å². The fraction of sp³-hybridized carbons (Fsp3) is 0.100. The summed E-state index contributed by atoms with van der Waals surface area (Å²) < 4.78 is 21.6. The van der Waals surface area contributed by atoms with Gasteiger partial charge in [-0.3, -0.25) is 4.21 Å². The molecule has 3 nitrogen and oxygen atoms in total. The van der Waals surface area contributed by atoms with Gasteiger partial charge in [-0.25, -0.2) is 4.98 Å². The highest BCUT2D eigenvalue weighted by Crippen LogP contribution is 2.26. The Kier molecular flexibility index (Phi) is 2.95. The SMILES string of the molecule is Cc1ncc(-c2cccc(S(=O)[O-])c2)s1. The van der Waals surface area contributed by atoms with Crippen molar-refractivity contribution < 1.29 is 8.76 Å². The maximum absolute atomic E-state index is 10.8. The molecule has 78 valence electrons. The van der Waals surface area contributed by atoms with E-state index in [1.54, 1.807) is 35.7 Å². The summed E-state index contributed by atoms with van der Waals surface area (Å²) in [5, 5.41) is 0.971. The molecule has 0 aliphatic carbocycles. The van der Waals surface area contributed by atoms with Gasteiger partial charge in [-0.2, -0.15) is 0 Å². The predicted molar refractivity (Wildman–Crippen MR) is 59.5 cm³/mol. The van der Waals surface area contributed by atoms with Gasteiger partial charge in [0.15, 0.2) is 0 Å². The lowest BCUT2D eigenvalue weighted by molar-refractivity contribution is 0.537. The number of thiazole rings is 1. The van der Waals surface area contributed by atoms with E-state index < -0.39 is 11.1 Å². The third-order valence-electron chi connectivity index (χ3n) is 1.93. The lowest BCUT2D eigenvalue weighted by Gasteiger charge is -2.05. The summed E-state index contributed by atoms with van der Waals surface area (Å²) in [7, 11) is 0. The zero-order valence-electron chi connectivity index (χ0n) is 7.97. The van der Waals surface area contributed by atoms with Crippen LogP contribution in [0.3, 0.4) is 0 Å². The Bertz CT molecular complexity index is 508. The van der Waals surface area contributed by atoms with Gasteiger partial charge in [0.1, 0.15) is 0 Å². The molecule has 0 N–H and O–H groups in total. The van der Waals surface area contributed by atoms with Gasteiger partial charge in [-0.05, 0) is 35.7 Å². The monoisotopic (exact) mass is 238 g/mol. The van der Waals surface area contributed by atoms with Crippen molar-refractivity contribution >= 4 is 22.4 Å². The van der Waals surface area contributed by atoms with Crippen LogP contribution in [0.5, 0.6) is 0 Å². The van der Waals surface area contributed by atoms with Crippen LogP contribution in [0.2, 0.25) is 0 Å². The maximum Gasteiger partial charge on any atom is 0.0900 e. The molecule has 1 heterocycles. The molecule has 1 unspecified atom stereocenters. The van der Waals surface area contributed by atoms with Gasteiger partial charge >= 0.3 is 0 Å². The lowest BCUT2D eigenvalue weighted by atomic mass is 10.2. The molecule has 1 aromatic heterocycles. The first kappa shape index (κ1) is 10.5. The standard InChI is InChI=1S/C10H9NO2S2/c1-7-11-6-10(14-7)8-3-2-4-9(5-8)15(12)13/h2-6H,1H3,(H,12,13)/p-1. The fourth-order valence-electron chi connectivity index (χ4n) is 1.25. The summed E-state index contributed by atoms with van der Waals surface area (Å²) in [4.78, 5) is 5.42. The smallest absolute Gasteiger partial charge is 0.0900 e. The number of nitrogens with zero attached hydrogens (tertiary/aromatic N) is 1. The molecule has 5 heteroatoms. The summed E-state index contributed by atoms with van der Waals surface area (Å²) in [5.41, 5.74) is 0.891. The lowest BCUT2D eigenvalue weighted by Crippen LogP contribution is -1.88. The van der Waals surface area contributed by atoms with Crippen molar-refractivity contribution in [2.75, 3.05) is 0 Å². The van der Waals surface area contributed by atoms with Crippen molar-refractivity contribution in [3.05, 3.63) is 35.5 Å². The van der Waals surface area contributed by atoms with Crippen LogP contribution in [-0.4, -0.2) is 13.7 Å². The number of rotatable bonds is 2. The minimum atomic E-state index is -2.17. The first-order valence-electron chi connectivity index (χ1n) is 4.29. The third kappa shape index (κ3) is 2.31. The van der Waals surface area contributed by atoms with Crippen LogP contribution in [-0.2, 0) is 11.1 Å². The molecule has 0 saturated carbocycles. The third-order valence-corrected chi connectivity index (χ3v) is 3.53. The molecule has 2 aromatic rings. The second kappa shape index (κ2) is 4.22. The molecule has 0 bridgehead atoms. The van der Waals surface area contributed by atoms with E-state index in [4.69, 9.17) is 0 Å². The molecule has 15 heavy (non-hydrogen) atoms. The van der Waals surface area contributed by atoms with Crippen LogP contribution in [0.1, 0.15) is 5.01 Å². The Morgan fingerprint density at radius 2 is 2.27 bits per heavy atom. The highest BCUT2D eigenvalue weighted by atomic mass is 32.2. The highest BCUT2D eigenvalue weighted by Gasteiger charge is 2.02. The van der Waals surface area contributed by atoms with Gasteiger partial charge in [0.05, 0.1) is 9.88 Å². The normalized spacial score (nSPS) is 12.7. The number of aryl methyl sites for hydroxylation is 1. The van der Waals surface area contributed by atoms with Crippen LogP contribution in [0.15, 0.2) is 35.4 Å². The second-order valence-electron chi connectivity index (χ2n) is 3.01. The fourth-order valence-corrected chi connectivity index (χ4v) is 2.43. The van der Waals surface area contributed by atoms with Gasteiger partial charge in [0.2, 0.25) is 0 Å². The Labute approximate surface area is 94.1 Å².